The summed E-state index contributed by atoms with van der Waals surface area (Å²) in [5.74, 6) is -0.906. The van der Waals surface area contributed by atoms with Gasteiger partial charge in [0.2, 0.25) is 0 Å². The Kier molecular flexibility index (Phi) is 4.40. The van der Waals surface area contributed by atoms with E-state index in [1.54, 1.807) is 62.4 Å². The van der Waals surface area contributed by atoms with E-state index in [4.69, 9.17) is 0 Å². The number of nitrogens with zero attached hydrogens (tertiary/aromatic N) is 2. The van der Waals surface area contributed by atoms with E-state index >= 15 is 0 Å². The van der Waals surface area contributed by atoms with Crippen molar-refractivity contribution in [2.24, 2.45) is 5.41 Å². The molecule has 0 atom stereocenters. The van der Waals surface area contributed by atoms with Crippen LogP contribution in [0.1, 0.15) is 26.7 Å². The Hall–Kier alpha value is -2.95. The zero-order chi connectivity index (χ0) is 18.0. The minimum atomic E-state index is -1.24. The topological polar surface area (TPSA) is 57.7 Å². The molecule has 0 bridgehead atoms. The number of benzene rings is 2. The number of para-hydroxylation sites is 2. The van der Waals surface area contributed by atoms with Crippen molar-refractivity contribution in [2.45, 2.75) is 26.7 Å². The lowest BCUT2D eigenvalue weighted by atomic mass is 9.77. The summed E-state index contributed by atoms with van der Waals surface area (Å²) in [4.78, 5) is 41.7. The molecule has 0 spiro atoms. The number of carbonyl (C=O) groups excluding carboxylic acids is 3. The maximum absolute atomic E-state index is 13.2. The van der Waals surface area contributed by atoms with Gasteiger partial charge in [-0.05, 0) is 37.1 Å². The van der Waals surface area contributed by atoms with Gasteiger partial charge in [-0.2, -0.15) is 0 Å². The highest BCUT2D eigenvalue weighted by Gasteiger charge is 2.56. The molecule has 128 valence electrons. The largest absolute Gasteiger partial charge is 0.342 e. The number of hydrogen-bond acceptors (Lipinski definition) is 3. The maximum atomic E-state index is 13.2. The zero-order valence-corrected chi connectivity index (χ0v) is 14.3. The van der Waals surface area contributed by atoms with Crippen LogP contribution in [0, 0.1) is 5.41 Å². The summed E-state index contributed by atoms with van der Waals surface area (Å²) < 4.78 is 0. The molecule has 1 fully saturated rings. The molecule has 0 radical (unpaired) electrons. The number of barbiturate groups is 1. The van der Waals surface area contributed by atoms with Crippen LogP contribution < -0.4 is 9.80 Å². The van der Waals surface area contributed by atoms with Gasteiger partial charge in [0.25, 0.3) is 11.8 Å². The fraction of sp³-hybridized carbons (Fsp3) is 0.250. The highest BCUT2D eigenvalue weighted by Crippen LogP contribution is 2.39. The fourth-order valence-electron chi connectivity index (χ4n) is 3.26. The van der Waals surface area contributed by atoms with E-state index in [2.05, 4.69) is 0 Å². The molecular weight excluding hydrogens is 316 g/mol. The minimum absolute atomic E-state index is 0.334. The van der Waals surface area contributed by atoms with E-state index < -0.39 is 23.3 Å². The van der Waals surface area contributed by atoms with Gasteiger partial charge in [-0.15, -0.1) is 0 Å². The first-order valence-corrected chi connectivity index (χ1v) is 8.40. The maximum Gasteiger partial charge on any atom is 0.342 e. The van der Waals surface area contributed by atoms with E-state index in [1.165, 1.54) is 0 Å². The summed E-state index contributed by atoms with van der Waals surface area (Å²) in [6.45, 7) is 3.61. The highest BCUT2D eigenvalue weighted by molar-refractivity contribution is 6.38. The molecule has 0 N–H and O–H groups in total. The second-order valence-electron chi connectivity index (χ2n) is 6.02. The van der Waals surface area contributed by atoms with Gasteiger partial charge in [0.1, 0.15) is 5.41 Å². The average Bonchev–Trinajstić information content (AvgIpc) is 2.65. The summed E-state index contributed by atoms with van der Waals surface area (Å²) in [6, 6.07) is 16.8. The quantitative estimate of drug-likeness (QED) is 0.793. The molecule has 0 aliphatic carbocycles. The number of urea groups is 1. The fourth-order valence-corrected chi connectivity index (χ4v) is 3.26. The van der Waals surface area contributed by atoms with E-state index in [0.29, 0.717) is 24.2 Å². The van der Waals surface area contributed by atoms with Gasteiger partial charge in [0.05, 0.1) is 11.4 Å². The Balaban J connectivity index is 2.19. The lowest BCUT2D eigenvalue weighted by Gasteiger charge is -2.43. The third-order valence-corrected chi connectivity index (χ3v) is 4.84. The predicted molar refractivity (Wildman–Crippen MR) is 96.3 cm³/mol. The van der Waals surface area contributed by atoms with Crippen molar-refractivity contribution in [1.82, 2.24) is 0 Å². The first-order chi connectivity index (χ1) is 12.1. The van der Waals surface area contributed by atoms with Crippen molar-refractivity contribution >= 4 is 29.2 Å². The molecule has 5 nitrogen and oxygen atoms in total. The summed E-state index contributed by atoms with van der Waals surface area (Å²) in [7, 11) is 0. The first kappa shape index (κ1) is 16.9. The van der Waals surface area contributed by atoms with Gasteiger partial charge < -0.3 is 0 Å². The van der Waals surface area contributed by atoms with Crippen LogP contribution in [0.4, 0.5) is 16.2 Å². The van der Waals surface area contributed by atoms with Gasteiger partial charge in [0.15, 0.2) is 0 Å². The Labute approximate surface area is 146 Å². The molecule has 25 heavy (non-hydrogen) atoms. The Morgan fingerprint density at radius 2 is 1.04 bits per heavy atom. The van der Waals surface area contributed by atoms with Crippen LogP contribution in [-0.4, -0.2) is 17.8 Å². The normalized spacial score (nSPS) is 17.1. The number of rotatable bonds is 4. The molecule has 0 saturated carbocycles. The lowest BCUT2D eigenvalue weighted by Crippen LogP contribution is -2.65. The first-order valence-electron chi connectivity index (χ1n) is 8.40. The number of imide groups is 2. The monoisotopic (exact) mass is 336 g/mol. The van der Waals surface area contributed by atoms with E-state index in [0.717, 1.165) is 9.80 Å². The number of carbonyl (C=O) groups is 3. The second-order valence-corrected chi connectivity index (χ2v) is 6.02. The van der Waals surface area contributed by atoms with E-state index in [-0.39, 0.29) is 0 Å². The van der Waals surface area contributed by atoms with Crippen molar-refractivity contribution in [3.05, 3.63) is 60.7 Å². The highest BCUT2D eigenvalue weighted by atomic mass is 16.2. The third kappa shape index (κ3) is 2.52. The number of amides is 4. The van der Waals surface area contributed by atoms with E-state index in [1.807, 2.05) is 12.1 Å². The van der Waals surface area contributed by atoms with Crippen molar-refractivity contribution in [3.8, 4) is 0 Å². The van der Waals surface area contributed by atoms with Gasteiger partial charge >= 0.3 is 6.03 Å². The second kappa shape index (κ2) is 6.51. The molecule has 3 rings (SSSR count). The molecule has 1 aliphatic heterocycles. The summed E-state index contributed by atoms with van der Waals surface area (Å²) in [6.07, 6.45) is 0.669. The van der Waals surface area contributed by atoms with Crippen LogP contribution in [0.15, 0.2) is 60.7 Å². The number of hydrogen-bond donors (Lipinski definition) is 0. The Morgan fingerprint density at radius 3 is 1.36 bits per heavy atom. The third-order valence-electron chi connectivity index (χ3n) is 4.84. The minimum Gasteiger partial charge on any atom is -0.273 e. The van der Waals surface area contributed by atoms with Crippen LogP contribution in [-0.2, 0) is 9.59 Å². The number of anilines is 2. The lowest BCUT2D eigenvalue weighted by molar-refractivity contribution is -0.141. The molecular formula is C20H20N2O3. The van der Waals surface area contributed by atoms with Gasteiger partial charge in [-0.3, -0.25) is 9.59 Å². The van der Waals surface area contributed by atoms with Crippen LogP contribution >= 0.6 is 0 Å². The van der Waals surface area contributed by atoms with Crippen LogP contribution in [0.2, 0.25) is 0 Å². The summed E-state index contributed by atoms with van der Waals surface area (Å²) >= 11 is 0. The van der Waals surface area contributed by atoms with Crippen LogP contribution in [0.5, 0.6) is 0 Å². The Bertz CT molecular complexity index is 735. The molecule has 2 aromatic carbocycles. The van der Waals surface area contributed by atoms with E-state index in [9.17, 15) is 14.4 Å². The van der Waals surface area contributed by atoms with Gasteiger partial charge in [-0.25, -0.2) is 14.6 Å². The van der Waals surface area contributed by atoms with Gasteiger partial charge in [0, 0.05) is 0 Å². The molecule has 2 aromatic rings. The Morgan fingerprint density at radius 1 is 0.680 bits per heavy atom. The molecule has 1 aliphatic rings. The summed E-state index contributed by atoms with van der Waals surface area (Å²) in [5.41, 5.74) is -0.297. The average molecular weight is 336 g/mol. The standard InChI is InChI=1S/C20H20N2O3/c1-3-20(4-2)17(23)21(15-11-7-5-8-12-15)19(25)22(18(20)24)16-13-9-6-10-14-16/h5-14H,3-4H2,1-2H3. The van der Waals surface area contributed by atoms with Crippen molar-refractivity contribution in [3.63, 3.8) is 0 Å². The van der Waals surface area contributed by atoms with Crippen molar-refractivity contribution < 1.29 is 14.4 Å². The smallest absolute Gasteiger partial charge is 0.273 e. The van der Waals surface area contributed by atoms with Crippen molar-refractivity contribution in [2.75, 3.05) is 9.80 Å². The predicted octanol–water partition coefficient (Wildman–Crippen LogP) is 3.99. The van der Waals surface area contributed by atoms with Crippen LogP contribution in [0.3, 0.4) is 0 Å². The van der Waals surface area contributed by atoms with Gasteiger partial charge in [-0.1, -0.05) is 50.2 Å². The molecule has 4 amide bonds. The van der Waals surface area contributed by atoms with Crippen molar-refractivity contribution in [1.29, 1.82) is 0 Å². The molecule has 1 saturated heterocycles. The molecule has 5 heteroatoms. The SMILES string of the molecule is CCC1(CC)C(=O)N(c2ccccc2)C(=O)N(c2ccccc2)C1=O. The molecule has 1 heterocycles. The molecule has 0 aromatic heterocycles. The summed E-state index contributed by atoms with van der Waals surface area (Å²) in [5, 5.41) is 0. The molecule has 0 unspecified atom stereocenters. The zero-order valence-electron chi connectivity index (χ0n) is 14.3. The van der Waals surface area contributed by atoms with Crippen LogP contribution in [0.25, 0.3) is 0 Å².